The van der Waals surface area contributed by atoms with Gasteiger partial charge in [-0.15, -0.1) is 0 Å². The summed E-state index contributed by atoms with van der Waals surface area (Å²) in [4.78, 5) is 11.0. The molecule has 2 rings (SSSR count). The third kappa shape index (κ3) is 5.33. The van der Waals surface area contributed by atoms with Gasteiger partial charge in [0.05, 0.1) is 7.15 Å². The number of carbonyl (C=O) groups is 1. The largest absolute Gasteiger partial charge is 0.507 e. The summed E-state index contributed by atoms with van der Waals surface area (Å²) in [5.41, 5.74) is 6.64. The van der Waals surface area contributed by atoms with Gasteiger partial charge in [0.1, 0.15) is 24.7 Å². The summed E-state index contributed by atoms with van der Waals surface area (Å²) < 4.78 is 7.36. The van der Waals surface area contributed by atoms with Crippen LogP contribution in [-0.4, -0.2) is 23.7 Å². The first-order chi connectivity index (χ1) is 11.1. The maximum Gasteiger partial charge on any atom is 0.320 e. The minimum Gasteiger partial charge on any atom is -0.507 e. The number of hydrogen-bond acceptors (Lipinski definition) is 4. The van der Waals surface area contributed by atoms with E-state index >= 15 is 0 Å². The quantitative estimate of drug-likeness (QED) is 0.298. The summed E-state index contributed by atoms with van der Waals surface area (Å²) in [7, 11) is 0. The number of aromatic hydroxyl groups is 1. The third-order valence-electron chi connectivity index (χ3n) is 3.27. The van der Waals surface area contributed by atoms with Crippen LogP contribution in [0.3, 0.4) is 0 Å². The Bertz CT molecular complexity index is 730. The van der Waals surface area contributed by atoms with Crippen LogP contribution in [0.5, 0.6) is 11.5 Å². The molecule has 5 nitrogen and oxygen atoms in total. The van der Waals surface area contributed by atoms with Crippen LogP contribution in [0.25, 0.3) is 0 Å². The van der Waals surface area contributed by atoms with E-state index in [1.807, 2.05) is 28.7 Å². The fourth-order valence-corrected chi connectivity index (χ4v) is 6.44. The van der Waals surface area contributed by atoms with Crippen LogP contribution in [0.15, 0.2) is 39.2 Å². The van der Waals surface area contributed by atoms with Crippen LogP contribution < -0.4 is 10.5 Å². The van der Waals surface area contributed by atoms with Gasteiger partial charge in [0.25, 0.3) is 0 Å². The zero-order valence-corrected chi connectivity index (χ0v) is 20.7. The highest BCUT2D eigenvalue weighted by Gasteiger charge is 2.37. The molecule has 9 heteroatoms. The number of phenols is 1. The summed E-state index contributed by atoms with van der Waals surface area (Å²) in [6.45, 7) is 0. The first-order valence-electron chi connectivity index (χ1n) is 6.72. The maximum atomic E-state index is 11.0. The predicted octanol–water partition coefficient (Wildman–Crippen LogP) is 4.72. The Hall–Kier alpha value is 0.650. The average molecular weight is 779 g/mol. The molecule has 0 unspecified atom stereocenters. The lowest BCUT2D eigenvalue weighted by molar-refractivity contribution is -0.138. The smallest absolute Gasteiger partial charge is 0.320 e. The molecule has 1 atom stereocenters. The molecule has 0 saturated heterocycles. The van der Waals surface area contributed by atoms with E-state index in [1.54, 1.807) is 18.2 Å². The number of carboxylic acids is 1. The Morgan fingerprint density at radius 1 is 1.38 bits per heavy atom. The molecule has 0 aromatic heterocycles. The summed E-state index contributed by atoms with van der Waals surface area (Å²) in [6, 6.07) is 4.19. The molecule has 24 heavy (non-hydrogen) atoms. The van der Waals surface area contributed by atoms with Crippen molar-refractivity contribution in [1.29, 1.82) is 0 Å². The van der Waals surface area contributed by atoms with E-state index in [9.17, 15) is 9.90 Å². The number of allylic oxidation sites excluding steroid dienone is 3. The van der Waals surface area contributed by atoms with Crippen LogP contribution >= 0.6 is 90.4 Å². The van der Waals surface area contributed by atoms with Crippen LogP contribution in [-0.2, 0) is 4.79 Å². The fourth-order valence-electron chi connectivity index (χ4n) is 2.13. The van der Waals surface area contributed by atoms with Gasteiger partial charge in [-0.1, -0.05) is 50.8 Å². The molecule has 0 spiro atoms. The molecule has 0 saturated carbocycles. The van der Waals surface area contributed by atoms with E-state index in [0.29, 0.717) is 22.2 Å². The van der Waals surface area contributed by atoms with E-state index in [0.717, 1.165) is 14.9 Å². The molecular weight excluding hydrogens is 766 g/mol. The number of ether oxygens (including phenoxy) is 1. The molecular formula is C15H13I4NO4. The highest BCUT2D eigenvalue weighted by molar-refractivity contribution is 14.2. The van der Waals surface area contributed by atoms with Gasteiger partial charge in [0.15, 0.2) is 0 Å². The van der Waals surface area contributed by atoms with E-state index in [4.69, 9.17) is 15.6 Å². The van der Waals surface area contributed by atoms with Crippen molar-refractivity contribution in [2.45, 2.75) is 20.3 Å². The summed E-state index contributed by atoms with van der Waals surface area (Å²) >= 11 is 8.86. The second-order valence-electron chi connectivity index (χ2n) is 5.23. The lowest BCUT2D eigenvalue weighted by Crippen LogP contribution is -2.32. The van der Waals surface area contributed by atoms with Crippen LogP contribution in [0.4, 0.5) is 0 Å². The van der Waals surface area contributed by atoms with Gasteiger partial charge in [-0.2, -0.15) is 0 Å². The average Bonchev–Trinajstić information content (AvgIpc) is 2.46. The number of phenolic OH excluding ortho intramolecular Hbond substituents is 1. The maximum absolute atomic E-state index is 11.0. The molecule has 0 amide bonds. The highest BCUT2D eigenvalue weighted by Crippen LogP contribution is 2.48. The van der Waals surface area contributed by atoms with E-state index in [1.165, 1.54) is 0 Å². The standard InChI is InChI=1S/C15H13I4NO4/c16-9-5-8(1-2-12(9)21)24-13-10(17)3-7(6-15(13,18)19)4-11(20)14(22)23/h1-3,5,11,21H,4,6,20H2,(H,22,23)/t11-/m0/s1. The van der Waals surface area contributed by atoms with Gasteiger partial charge in [-0.3, -0.25) is 4.79 Å². The van der Waals surface area contributed by atoms with Crippen LogP contribution in [0.1, 0.15) is 12.8 Å². The van der Waals surface area contributed by atoms with E-state index < -0.39 is 12.0 Å². The Morgan fingerprint density at radius 2 is 2.04 bits per heavy atom. The number of hydrogen-bond donors (Lipinski definition) is 3. The Labute approximate surface area is 194 Å². The number of carboxylic acid groups (broad SMARTS) is 1. The van der Waals surface area contributed by atoms with Crippen molar-refractivity contribution in [1.82, 2.24) is 0 Å². The van der Waals surface area contributed by atoms with Crippen LogP contribution in [0, 0.1) is 3.57 Å². The number of halogens is 4. The molecule has 130 valence electrons. The first kappa shape index (κ1) is 21.0. The van der Waals surface area contributed by atoms with Crippen molar-refractivity contribution in [3.63, 3.8) is 0 Å². The molecule has 0 heterocycles. The van der Waals surface area contributed by atoms with Gasteiger partial charge >= 0.3 is 5.97 Å². The molecule has 1 aromatic carbocycles. The Morgan fingerprint density at radius 3 is 2.58 bits per heavy atom. The molecule has 0 fully saturated rings. The lowest BCUT2D eigenvalue weighted by atomic mass is 9.97. The highest BCUT2D eigenvalue weighted by atomic mass is 127. The molecule has 0 radical (unpaired) electrons. The van der Waals surface area contributed by atoms with Gasteiger partial charge in [-0.05, 0) is 82.3 Å². The molecule has 4 N–H and O–H groups in total. The number of aliphatic carboxylic acids is 1. The number of alkyl halides is 2. The molecule has 1 aliphatic rings. The Balaban J connectivity index is 2.28. The summed E-state index contributed by atoms with van der Waals surface area (Å²) in [5.74, 6) is 0.676. The van der Waals surface area contributed by atoms with Crippen molar-refractivity contribution >= 4 is 96.3 Å². The predicted molar refractivity (Wildman–Crippen MR) is 126 cm³/mol. The van der Waals surface area contributed by atoms with Crippen molar-refractivity contribution in [3.05, 3.63) is 42.8 Å². The third-order valence-corrected chi connectivity index (χ3v) is 6.68. The van der Waals surface area contributed by atoms with Crippen molar-refractivity contribution < 1.29 is 19.7 Å². The van der Waals surface area contributed by atoms with E-state index in [2.05, 4.69) is 67.8 Å². The zero-order chi connectivity index (χ0) is 18.1. The van der Waals surface area contributed by atoms with Gasteiger partial charge in [0, 0.05) is 0 Å². The normalized spacial score (nSPS) is 18.1. The zero-order valence-electron chi connectivity index (χ0n) is 12.1. The number of benzene rings is 1. The minimum absolute atomic E-state index is 0.218. The van der Waals surface area contributed by atoms with Crippen molar-refractivity contribution in [2.75, 3.05) is 0 Å². The van der Waals surface area contributed by atoms with Gasteiger partial charge in [0.2, 0.25) is 0 Å². The molecule has 0 bridgehead atoms. The molecule has 1 aliphatic carbocycles. The van der Waals surface area contributed by atoms with Gasteiger partial charge in [-0.25, -0.2) is 0 Å². The molecule has 1 aromatic rings. The second-order valence-corrected chi connectivity index (χ2v) is 13.3. The van der Waals surface area contributed by atoms with Crippen molar-refractivity contribution in [3.8, 4) is 11.5 Å². The van der Waals surface area contributed by atoms with Crippen molar-refractivity contribution in [2.24, 2.45) is 5.73 Å². The molecule has 0 aliphatic heterocycles. The summed E-state index contributed by atoms with van der Waals surface area (Å²) in [6.07, 6.45) is 2.92. The van der Waals surface area contributed by atoms with E-state index in [-0.39, 0.29) is 7.18 Å². The lowest BCUT2D eigenvalue weighted by Gasteiger charge is -2.30. The first-order valence-corrected chi connectivity index (χ1v) is 11.0. The topological polar surface area (TPSA) is 92.8 Å². The van der Waals surface area contributed by atoms with Crippen LogP contribution in [0.2, 0.25) is 0 Å². The van der Waals surface area contributed by atoms with Gasteiger partial charge < -0.3 is 20.7 Å². The monoisotopic (exact) mass is 779 g/mol. The number of nitrogens with two attached hydrogens (primary N) is 1. The minimum atomic E-state index is -0.997. The fraction of sp³-hybridized carbons (Fsp3) is 0.267. The SMILES string of the molecule is N[C@@H](CC1=CC(I)=C(Oc2ccc(O)c(I)c2)C(I)(I)C1)C(=O)O. The second kappa shape index (κ2) is 8.56. The summed E-state index contributed by atoms with van der Waals surface area (Å²) in [5, 5.41) is 18.6. The Kier molecular flexibility index (Phi) is 7.47. The number of rotatable bonds is 5.